The van der Waals surface area contributed by atoms with Gasteiger partial charge in [-0.15, -0.1) is 0 Å². The van der Waals surface area contributed by atoms with Crippen LogP contribution in [0, 0.1) is 0 Å². The van der Waals surface area contributed by atoms with Crippen LogP contribution < -0.4 is 5.32 Å². The average molecular weight is 414 g/mol. The number of hydrogen-bond acceptors (Lipinski definition) is 6. The number of carbonyl (C=O) groups is 1. The summed E-state index contributed by atoms with van der Waals surface area (Å²) in [5.41, 5.74) is 2.50. The van der Waals surface area contributed by atoms with Gasteiger partial charge in [-0.3, -0.25) is 4.79 Å². The molecule has 0 saturated heterocycles. The van der Waals surface area contributed by atoms with Gasteiger partial charge in [-0.05, 0) is 30.3 Å². The van der Waals surface area contributed by atoms with E-state index in [9.17, 15) is 4.79 Å². The number of nitrogens with one attached hydrogen (secondary N) is 2. The van der Waals surface area contributed by atoms with Crippen molar-refractivity contribution in [2.24, 2.45) is 0 Å². The number of H-pyrrole nitrogens is 1. The first-order valence-electron chi connectivity index (χ1n) is 8.60. The first kappa shape index (κ1) is 18.5. The van der Waals surface area contributed by atoms with Gasteiger partial charge in [0, 0.05) is 23.6 Å². The molecule has 0 unspecified atom stereocenters. The second-order valence-corrected chi connectivity index (χ2v) is 7.41. The summed E-state index contributed by atoms with van der Waals surface area (Å²) in [7, 11) is 0. The summed E-state index contributed by atoms with van der Waals surface area (Å²) < 4.78 is 5.23. The number of thioether (sulfide) groups is 1. The number of aromatic nitrogens is 4. The molecule has 0 bridgehead atoms. The molecule has 0 spiro atoms. The van der Waals surface area contributed by atoms with Crippen molar-refractivity contribution in [2.75, 3.05) is 5.32 Å². The Bertz CT molecular complexity index is 1100. The van der Waals surface area contributed by atoms with Crippen LogP contribution in [0.4, 0.5) is 5.69 Å². The monoisotopic (exact) mass is 413 g/mol. The van der Waals surface area contributed by atoms with E-state index in [0.717, 1.165) is 21.9 Å². The van der Waals surface area contributed by atoms with Gasteiger partial charge in [0.05, 0.1) is 16.8 Å². The maximum absolute atomic E-state index is 12.0. The molecule has 4 aromatic rings. The molecule has 28 heavy (non-hydrogen) atoms. The van der Waals surface area contributed by atoms with Crippen molar-refractivity contribution in [3.8, 4) is 0 Å². The average Bonchev–Trinajstić information content (AvgIpc) is 3.31. The largest absolute Gasteiger partial charge is 0.339 e. The fraction of sp³-hybridized carbons (Fsp3) is 0.158. The normalized spacial score (nSPS) is 11.0. The summed E-state index contributed by atoms with van der Waals surface area (Å²) in [6.07, 6.45) is 0.660. The van der Waals surface area contributed by atoms with Crippen LogP contribution in [0.15, 0.2) is 58.2 Å². The lowest BCUT2D eigenvalue weighted by atomic mass is 10.2. The fourth-order valence-electron chi connectivity index (χ4n) is 2.58. The van der Waals surface area contributed by atoms with E-state index < -0.39 is 0 Å². The van der Waals surface area contributed by atoms with Gasteiger partial charge < -0.3 is 14.8 Å². The van der Waals surface area contributed by atoms with Crippen molar-refractivity contribution >= 4 is 46.0 Å². The van der Waals surface area contributed by atoms with E-state index in [-0.39, 0.29) is 12.3 Å². The molecule has 2 heterocycles. The molecule has 142 valence electrons. The number of amides is 1. The van der Waals surface area contributed by atoms with Gasteiger partial charge in [0.2, 0.25) is 11.8 Å². The molecule has 0 aliphatic rings. The van der Waals surface area contributed by atoms with Crippen molar-refractivity contribution in [3.05, 3.63) is 65.3 Å². The third-order valence-electron chi connectivity index (χ3n) is 3.89. The molecule has 0 aliphatic carbocycles. The maximum Gasteiger partial charge on any atom is 0.227 e. The highest BCUT2D eigenvalue weighted by Gasteiger charge is 2.11. The highest BCUT2D eigenvalue weighted by Crippen LogP contribution is 2.24. The number of para-hydroxylation sites is 1. The van der Waals surface area contributed by atoms with Gasteiger partial charge >= 0.3 is 0 Å². The topological polar surface area (TPSA) is 96.7 Å². The van der Waals surface area contributed by atoms with Crippen molar-refractivity contribution in [3.63, 3.8) is 0 Å². The quantitative estimate of drug-likeness (QED) is 0.434. The van der Waals surface area contributed by atoms with E-state index in [1.807, 2.05) is 42.5 Å². The lowest BCUT2D eigenvalue weighted by Crippen LogP contribution is -2.12. The summed E-state index contributed by atoms with van der Waals surface area (Å²) in [4.78, 5) is 24.0. The molecular formula is C19H16ClN5O2S. The second kappa shape index (κ2) is 8.45. The number of fused-ring (bicyclic) bond motifs is 1. The number of halogens is 1. The second-order valence-electron chi connectivity index (χ2n) is 6.01. The van der Waals surface area contributed by atoms with Crippen LogP contribution >= 0.6 is 23.4 Å². The molecule has 0 radical (unpaired) electrons. The van der Waals surface area contributed by atoms with Gasteiger partial charge in [-0.25, -0.2) is 4.98 Å². The van der Waals surface area contributed by atoms with Crippen LogP contribution in [0.1, 0.15) is 18.1 Å². The van der Waals surface area contributed by atoms with Crippen LogP contribution in [0.25, 0.3) is 11.0 Å². The predicted octanol–water partition coefficient (Wildman–Crippen LogP) is 4.46. The molecule has 9 heteroatoms. The number of aryl methyl sites for hydroxylation is 1. The first-order valence-corrected chi connectivity index (χ1v) is 9.96. The van der Waals surface area contributed by atoms with E-state index in [1.54, 1.807) is 6.07 Å². The highest BCUT2D eigenvalue weighted by molar-refractivity contribution is 7.98. The van der Waals surface area contributed by atoms with E-state index in [1.165, 1.54) is 11.8 Å². The van der Waals surface area contributed by atoms with Crippen molar-refractivity contribution < 1.29 is 9.32 Å². The molecule has 2 aromatic carbocycles. The molecular weight excluding hydrogens is 398 g/mol. The Morgan fingerprint density at radius 3 is 2.89 bits per heavy atom. The Labute approximate surface area is 169 Å². The minimum atomic E-state index is -0.0961. The summed E-state index contributed by atoms with van der Waals surface area (Å²) in [6.45, 7) is 0. The van der Waals surface area contributed by atoms with Crippen LogP contribution in [0.3, 0.4) is 0 Å². The molecule has 4 rings (SSSR count). The number of aromatic amines is 1. The molecule has 2 N–H and O–H groups in total. The Morgan fingerprint density at radius 2 is 2.04 bits per heavy atom. The SMILES string of the molecule is O=C(CCc1nc(CSc2nc3ccc(Cl)cc3[nH]2)no1)Nc1ccccc1. The van der Waals surface area contributed by atoms with E-state index in [2.05, 4.69) is 25.4 Å². The minimum Gasteiger partial charge on any atom is -0.339 e. The Balaban J connectivity index is 1.28. The van der Waals surface area contributed by atoms with Crippen LogP contribution in [-0.2, 0) is 17.0 Å². The Hall–Kier alpha value is -2.84. The van der Waals surface area contributed by atoms with Crippen LogP contribution in [0.2, 0.25) is 5.02 Å². The third-order valence-corrected chi connectivity index (χ3v) is 5.00. The summed E-state index contributed by atoms with van der Waals surface area (Å²) in [5, 5.41) is 8.20. The van der Waals surface area contributed by atoms with Gasteiger partial charge in [-0.1, -0.05) is 46.7 Å². The zero-order valence-corrected chi connectivity index (χ0v) is 16.3. The number of anilines is 1. The number of imidazole rings is 1. The number of nitrogens with zero attached hydrogens (tertiary/aromatic N) is 3. The number of benzene rings is 2. The van der Waals surface area contributed by atoms with Crippen molar-refractivity contribution in [2.45, 2.75) is 23.8 Å². The Morgan fingerprint density at radius 1 is 1.18 bits per heavy atom. The lowest BCUT2D eigenvalue weighted by molar-refractivity contribution is -0.116. The fourth-order valence-corrected chi connectivity index (χ4v) is 3.48. The first-order chi connectivity index (χ1) is 13.7. The smallest absolute Gasteiger partial charge is 0.227 e. The number of carbonyl (C=O) groups excluding carboxylic acids is 1. The molecule has 7 nitrogen and oxygen atoms in total. The molecule has 0 aliphatic heterocycles. The van der Waals surface area contributed by atoms with Crippen LogP contribution in [-0.4, -0.2) is 26.0 Å². The van der Waals surface area contributed by atoms with Crippen molar-refractivity contribution in [1.29, 1.82) is 0 Å². The van der Waals surface area contributed by atoms with Crippen LogP contribution in [0.5, 0.6) is 0 Å². The van der Waals surface area contributed by atoms with Gasteiger partial charge in [0.25, 0.3) is 0 Å². The summed E-state index contributed by atoms with van der Waals surface area (Å²) in [6, 6.07) is 14.8. The van der Waals surface area contributed by atoms with Gasteiger partial charge in [-0.2, -0.15) is 4.98 Å². The zero-order chi connectivity index (χ0) is 19.3. The van der Waals surface area contributed by atoms with E-state index in [0.29, 0.717) is 28.9 Å². The molecule has 0 atom stereocenters. The summed E-state index contributed by atoms with van der Waals surface area (Å²) >= 11 is 7.46. The maximum atomic E-state index is 12.0. The molecule has 2 aromatic heterocycles. The highest BCUT2D eigenvalue weighted by atomic mass is 35.5. The van der Waals surface area contributed by atoms with E-state index in [4.69, 9.17) is 16.1 Å². The lowest BCUT2D eigenvalue weighted by Gasteiger charge is -2.02. The van der Waals surface area contributed by atoms with E-state index >= 15 is 0 Å². The number of rotatable bonds is 7. The number of hydrogen-bond donors (Lipinski definition) is 2. The van der Waals surface area contributed by atoms with Gasteiger partial charge in [0.15, 0.2) is 11.0 Å². The predicted molar refractivity (Wildman–Crippen MR) is 108 cm³/mol. The molecule has 0 saturated carbocycles. The summed E-state index contributed by atoms with van der Waals surface area (Å²) in [5.74, 6) is 1.41. The standard InChI is InChI=1S/C19H16ClN5O2S/c20-12-6-7-14-15(10-12)23-19(22-14)28-11-16-24-18(27-25-16)9-8-17(26)21-13-4-2-1-3-5-13/h1-7,10H,8-9,11H2,(H,21,26)(H,22,23). The van der Waals surface area contributed by atoms with Gasteiger partial charge in [0.1, 0.15) is 0 Å². The molecule has 1 amide bonds. The third kappa shape index (κ3) is 4.71. The van der Waals surface area contributed by atoms with Crippen molar-refractivity contribution in [1.82, 2.24) is 20.1 Å². The Kier molecular flexibility index (Phi) is 5.59. The zero-order valence-electron chi connectivity index (χ0n) is 14.7. The molecule has 0 fully saturated rings. The minimum absolute atomic E-state index is 0.0961.